The third-order valence-electron chi connectivity index (χ3n) is 6.61. The lowest BCUT2D eigenvalue weighted by Crippen LogP contribution is -2.37. The number of nitrogens with zero attached hydrogens (tertiary/aromatic N) is 2. The molecule has 228 valence electrons. The summed E-state index contributed by atoms with van der Waals surface area (Å²) < 4.78 is 45.9. The topological polar surface area (TPSA) is 118 Å². The van der Waals surface area contributed by atoms with E-state index in [-0.39, 0.29) is 36.0 Å². The lowest BCUT2D eigenvalue weighted by Gasteiger charge is -2.20. The molecule has 0 saturated carbocycles. The number of nitrogens with one attached hydrogen (secondary N) is 3. The highest BCUT2D eigenvalue weighted by atomic mass is 127. The number of imidazole rings is 1. The molecule has 9 nitrogen and oxygen atoms in total. The minimum Gasteiger partial charge on any atom is -0.480 e. The molecule has 2 aromatic carbocycles. The van der Waals surface area contributed by atoms with Crippen LogP contribution in [0.5, 0.6) is 5.75 Å². The maximum atomic E-state index is 13.0. The first-order valence-electron chi connectivity index (χ1n) is 13.5. The molecule has 4 N–H and O–H groups in total. The highest BCUT2D eigenvalue weighted by Crippen LogP contribution is 2.29. The number of urea groups is 1. The van der Waals surface area contributed by atoms with Crippen molar-refractivity contribution in [1.82, 2.24) is 25.5 Å². The number of alkyl halides is 3. The fourth-order valence-corrected chi connectivity index (χ4v) is 4.88. The molecule has 0 fully saturated rings. The summed E-state index contributed by atoms with van der Waals surface area (Å²) in [5.74, 6) is 0.364. The Bertz CT molecular complexity index is 1360. The third kappa shape index (κ3) is 8.84. The van der Waals surface area contributed by atoms with E-state index in [0.29, 0.717) is 23.0 Å². The van der Waals surface area contributed by atoms with Gasteiger partial charge in [0.25, 0.3) is 5.91 Å². The van der Waals surface area contributed by atoms with Gasteiger partial charge in [0, 0.05) is 43.6 Å². The van der Waals surface area contributed by atoms with Crippen molar-refractivity contribution in [1.29, 1.82) is 0 Å². The summed E-state index contributed by atoms with van der Waals surface area (Å²) in [6.07, 6.45) is -3.78. The Kier molecular flexibility index (Phi) is 11.6. The Hall–Kier alpha value is -3.33. The molecule has 0 bridgehead atoms. The van der Waals surface area contributed by atoms with Crippen LogP contribution in [0.15, 0.2) is 48.7 Å². The van der Waals surface area contributed by atoms with Gasteiger partial charge in [-0.15, -0.1) is 0 Å². The van der Waals surface area contributed by atoms with E-state index in [1.54, 1.807) is 7.05 Å². The number of aryl methyl sites for hydroxylation is 1. The summed E-state index contributed by atoms with van der Waals surface area (Å²) in [6.45, 7) is 5.33. The average Bonchev–Trinajstić information content (AvgIpc) is 3.38. The standard InChI is InChI=1S/C29H35F3IN5O4/c1-5-38-16-24(37-26(38)17(2)35-28(41)34-4)20-8-6-19(7-9-20)14-22(12-13-39)36-27(40)21-10-11-25(23(33)15-21)42-18(3)29(30,31)32/h6-11,15-18,22,39H,5,12-14H2,1-4H3,(H,36,40)(H2,34,35,41)/t17-,18-,22-/m1/s1. The number of aliphatic hydroxyl groups excluding tert-OH is 1. The number of aromatic nitrogens is 2. The summed E-state index contributed by atoms with van der Waals surface area (Å²) in [5.41, 5.74) is 2.85. The number of hydrogen-bond acceptors (Lipinski definition) is 5. The first-order chi connectivity index (χ1) is 19.9. The molecule has 1 aromatic heterocycles. The third-order valence-corrected chi connectivity index (χ3v) is 7.46. The van der Waals surface area contributed by atoms with E-state index in [1.807, 2.05) is 71.5 Å². The predicted molar refractivity (Wildman–Crippen MR) is 161 cm³/mol. The minimum absolute atomic E-state index is 0.0389. The van der Waals surface area contributed by atoms with Gasteiger partial charge >= 0.3 is 12.2 Å². The molecule has 3 atom stereocenters. The number of ether oxygens (including phenoxy) is 1. The van der Waals surface area contributed by atoms with E-state index in [2.05, 4.69) is 16.0 Å². The van der Waals surface area contributed by atoms with Crippen LogP contribution in [0.4, 0.5) is 18.0 Å². The van der Waals surface area contributed by atoms with E-state index < -0.39 is 18.2 Å². The van der Waals surface area contributed by atoms with Crippen LogP contribution in [-0.4, -0.2) is 58.6 Å². The fraction of sp³-hybridized carbons (Fsp3) is 0.414. The summed E-state index contributed by atoms with van der Waals surface area (Å²) in [7, 11) is 1.55. The second kappa shape index (κ2) is 14.7. The lowest BCUT2D eigenvalue weighted by atomic mass is 10.0. The van der Waals surface area contributed by atoms with Gasteiger partial charge in [-0.25, -0.2) is 9.78 Å². The minimum atomic E-state index is -4.50. The first kappa shape index (κ1) is 33.2. The monoisotopic (exact) mass is 701 g/mol. The predicted octanol–water partition coefficient (Wildman–Crippen LogP) is 5.22. The van der Waals surface area contributed by atoms with E-state index in [4.69, 9.17) is 9.72 Å². The average molecular weight is 702 g/mol. The van der Waals surface area contributed by atoms with E-state index in [9.17, 15) is 27.9 Å². The zero-order chi connectivity index (χ0) is 31.0. The summed E-state index contributed by atoms with van der Waals surface area (Å²) in [6, 6.07) is 11.0. The Morgan fingerprint density at radius 1 is 1.12 bits per heavy atom. The molecular weight excluding hydrogens is 666 g/mol. The molecule has 3 rings (SSSR count). The van der Waals surface area contributed by atoms with Crippen LogP contribution < -0.4 is 20.7 Å². The second-order valence-corrected chi connectivity index (χ2v) is 10.9. The number of rotatable bonds is 12. The number of aliphatic hydroxyl groups is 1. The van der Waals surface area contributed by atoms with Crippen LogP contribution >= 0.6 is 22.6 Å². The number of hydrogen-bond donors (Lipinski definition) is 4. The summed E-state index contributed by atoms with van der Waals surface area (Å²) in [5, 5.41) is 17.9. The van der Waals surface area contributed by atoms with Crippen molar-refractivity contribution >= 4 is 34.5 Å². The quantitative estimate of drug-likeness (QED) is 0.194. The molecule has 3 amide bonds. The van der Waals surface area contributed by atoms with Gasteiger partial charge in [-0.2, -0.15) is 13.2 Å². The molecule has 0 radical (unpaired) electrons. The van der Waals surface area contributed by atoms with Crippen LogP contribution in [0.2, 0.25) is 0 Å². The number of amides is 3. The number of halogens is 4. The molecule has 0 spiro atoms. The van der Waals surface area contributed by atoms with Gasteiger partial charge in [-0.3, -0.25) is 4.79 Å². The van der Waals surface area contributed by atoms with Crippen LogP contribution in [0.3, 0.4) is 0 Å². The van der Waals surface area contributed by atoms with Gasteiger partial charge in [-0.05, 0) is 80.0 Å². The van der Waals surface area contributed by atoms with Gasteiger partial charge in [0.05, 0.1) is 15.3 Å². The van der Waals surface area contributed by atoms with E-state index in [0.717, 1.165) is 29.6 Å². The molecule has 13 heteroatoms. The summed E-state index contributed by atoms with van der Waals surface area (Å²) in [4.78, 5) is 29.4. The van der Waals surface area contributed by atoms with Gasteiger partial charge in [0.15, 0.2) is 6.10 Å². The fourth-order valence-electron chi connectivity index (χ4n) is 4.24. The van der Waals surface area contributed by atoms with Crippen LogP contribution in [-0.2, 0) is 13.0 Å². The normalized spacial score (nSPS) is 13.6. The molecule has 3 aromatic rings. The van der Waals surface area contributed by atoms with Gasteiger partial charge < -0.3 is 30.4 Å². The van der Waals surface area contributed by atoms with Crippen molar-refractivity contribution in [2.24, 2.45) is 0 Å². The Morgan fingerprint density at radius 3 is 2.38 bits per heavy atom. The molecule has 0 aliphatic carbocycles. The zero-order valence-corrected chi connectivity index (χ0v) is 25.9. The molecule has 42 heavy (non-hydrogen) atoms. The molecular formula is C29H35F3IN5O4. The van der Waals surface area contributed by atoms with Gasteiger partial charge in [0.2, 0.25) is 0 Å². The Balaban J connectivity index is 1.69. The van der Waals surface area contributed by atoms with Crippen molar-refractivity contribution in [2.45, 2.75) is 64.5 Å². The Morgan fingerprint density at radius 2 is 1.81 bits per heavy atom. The number of carbonyl (C=O) groups excluding carboxylic acids is 2. The van der Waals surface area contributed by atoms with Crippen LogP contribution in [0.1, 0.15) is 55.0 Å². The van der Waals surface area contributed by atoms with Crippen molar-refractivity contribution < 1.29 is 32.6 Å². The van der Waals surface area contributed by atoms with Crippen molar-refractivity contribution in [3.63, 3.8) is 0 Å². The van der Waals surface area contributed by atoms with Crippen molar-refractivity contribution in [3.8, 4) is 17.0 Å². The Labute approximate surface area is 256 Å². The highest BCUT2D eigenvalue weighted by Gasteiger charge is 2.38. The largest absolute Gasteiger partial charge is 0.480 e. The number of benzene rings is 2. The van der Waals surface area contributed by atoms with Gasteiger partial charge in [0.1, 0.15) is 11.6 Å². The molecule has 0 saturated heterocycles. The van der Waals surface area contributed by atoms with Crippen molar-refractivity contribution in [3.05, 3.63) is 69.2 Å². The number of carbonyl (C=O) groups is 2. The van der Waals surface area contributed by atoms with E-state index >= 15 is 0 Å². The maximum Gasteiger partial charge on any atom is 0.425 e. The molecule has 0 aliphatic heterocycles. The van der Waals surface area contributed by atoms with E-state index in [1.165, 1.54) is 18.2 Å². The second-order valence-electron chi connectivity index (χ2n) is 9.75. The van der Waals surface area contributed by atoms with Crippen molar-refractivity contribution in [2.75, 3.05) is 13.7 Å². The smallest absolute Gasteiger partial charge is 0.425 e. The van der Waals surface area contributed by atoms with Gasteiger partial charge in [-0.1, -0.05) is 24.3 Å². The highest BCUT2D eigenvalue weighted by molar-refractivity contribution is 14.1. The van der Waals surface area contributed by atoms with Crippen LogP contribution in [0, 0.1) is 3.57 Å². The molecule has 0 unspecified atom stereocenters. The zero-order valence-electron chi connectivity index (χ0n) is 23.8. The molecule has 1 heterocycles. The van der Waals surface area contributed by atoms with Crippen LogP contribution in [0.25, 0.3) is 11.3 Å². The lowest BCUT2D eigenvalue weighted by molar-refractivity contribution is -0.189. The SMILES string of the molecule is CCn1cc(-c2ccc(C[C@@H](CCO)NC(=O)c3ccc(O[C@H](C)C(F)(F)F)c(I)c3)cc2)nc1[C@@H](C)NC(=O)NC. The molecule has 0 aliphatic rings. The first-order valence-corrected chi connectivity index (χ1v) is 14.5. The maximum absolute atomic E-state index is 13.0. The summed E-state index contributed by atoms with van der Waals surface area (Å²) >= 11 is 1.83.